The van der Waals surface area contributed by atoms with Crippen LogP contribution in [0.3, 0.4) is 0 Å². The van der Waals surface area contributed by atoms with E-state index in [1.54, 1.807) is 12.4 Å². The van der Waals surface area contributed by atoms with Crippen LogP contribution in [-0.4, -0.2) is 16.1 Å². The first kappa shape index (κ1) is 11.8. The molecule has 1 aromatic heterocycles. The lowest BCUT2D eigenvalue weighted by Gasteiger charge is -1.96. The maximum absolute atomic E-state index is 11.1. The predicted molar refractivity (Wildman–Crippen MR) is 57.4 cm³/mol. The summed E-state index contributed by atoms with van der Waals surface area (Å²) in [5.74, 6) is 0.0706. The lowest BCUT2D eigenvalue weighted by atomic mass is 10.2. The molecule has 0 aromatic carbocycles. The van der Waals surface area contributed by atoms with E-state index in [4.69, 9.17) is 0 Å². The van der Waals surface area contributed by atoms with Gasteiger partial charge in [-0.2, -0.15) is 0 Å². The van der Waals surface area contributed by atoms with Crippen molar-refractivity contribution < 1.29 is 4.79 Å². The number of Topliss-reactive ketones (excluding diaryl/α,β-unsaturated/α-hetero) is 1. The second kappa shape index (κ2) is 5.43. The zero-order chi connectivity index (χ0) is 8.27. The van der Waals surface area contributed by atoms with Crippen LogP contribution in [0.2, 0.25) is 0 Å². The van der Waals surface area contributed by atoms with Crippen LogP contribution in [-0.2, 0) is 0 Å². The Labute approximate surface area is 90.3 Å². The van der Waals surface area contributed by atoms with E-state index in [0.717, 1.165) is 5.56 Å². The molecule has 66 valence electrons. The fraction of sp³-hybridized carbons (Fsp3) is 0.250. The van der Waals surface area contributed by atoms with Gasteiger partial charge in [-0.15, -0.1) is 17.0 Å². The maximum atomic E-state index is 11.1. The second-order valence-electron chi connectivity index (χ2n) is 2.31. The van der Waals surface area contributed by atoms with Crippen LogP contribution in [0.5, 0.6) is 0 Å². The number of aromatic nitrogens is 1. The van der Waals surface area contributed by atoms with Gasteiger partial charge in [-0.1, -0.05) is 15.9 Å². The molecule has 0 fully saturated rings. The van der Waals surface area contributed by atoms with Gasteiger partial charge in [-0.05, 0) is 18.6 Å². The summed E-state index contributed by atoms with van der Waals surface area (Å²) in [5, 5.41) is 0.359. The number of aryl methyl sites for hydroxylation is 1. The van der Waals surface area contributed by atoms with E-state index in [-0.39, 0.29) is 22.8 Å². The highest BCUT2D eigenvalue weighted by Crippen LogP contribution is 2.03. The Morgan fingerprint density at radius 3 is 2.75 bits per heavy atom. The number of hydrogen-bond donors (Lipinski definition) is 0. The maximum Gasteiger partial charge on any atom is 0.174 e. The molecule has 12 heavy (non-hydrogen) atoms. The molecule has 0 spiro atoms. The molecule has 2 nitrogen and oxygen atoms in total. The molecule has 1 heterocycles. The van der Waals surface area contributed by atoms with Gasteiger partial charge in [0.2, 0.25) is 0 Å². The summed E-state index contributed by atoms with van der Waals surface area (Å²) in [4.78, 5) is 15.0. The Kier molecular flexibility index (Phi) is 5.33. The van der Waals surface area contributed by atoms with Crippen molar-refractivity contribution in [3.05, 3.63) is 29.6 Å². The van der Waals surface area contributed by atoms with Crippen LogP contribution in [0.1, 0.15) is 15.9 Å². The Bertz CT molecular complexity index is 276. The van der Waals surface area contributed by atoms with Crippen LogP contribution < -0.4 is 0 Å². The highest BCUT2D eigenvalue weighted by Gasteiger charge is 2.02. The van der Waals surface area contributed by atoms with Crippen molar-refractivity contribution >= 4 is 38.7 Å². The Hall–Kier alpha value is -0.220. The first-order valence-electron chi connectivity index (χ1n) is 3.25. The van der Waals surface area contributed by atoms with Crippen LogP contribution in [0.25, 0.3) is 0 Å². The fourth-order valence-electron chi connectivity index (χ4n) is 0.785. The number of nitrogens with zero attached hydrogens (tertiary/aromatic N) is 1. The number of halogens is 2. The average Bonchev–Trinajstić information content (AvgIpc) is 2.03. The molecular formula is C8H9Br2NO. The van der Waals surface area contributed by atoms with E-state index < -0.39 is 0 Å². The molecule has 0 unspecified atom stereocenters. The summed E-state index contributed by atoms with van der Waals surface area (Å²) >= 11 is 3.10. The number of carbonyl (C=O) groups is 1. The average molecular weight is 295 g/mol. The molecule has 0 aliphatic heterocycles. The number of pyridine rings is 1. The van der Waals surface area contributed by atoms with Gasteiger partial charge in [0, 0.05) is 18.0 Å². The molecule has 0 saturated heterocycles. The largest absolute Gasteiger partial charge is 0.293 e. The predicted octanol–water partition coefficient (Wildman–Crippen LogP) is 2.55. The van der Waals surface area contributed by atoms with E-state index in [2.05, 4.69) is 20.9 Å². The molecule has 0 N–H and O–H groups in total. The summed E-state index contributed by atoms with van der Waals surface area (Å²) in [5.41, 5.74) is 1.68. The van der Waals surface area contributed by atoms with Gasteiger partial charge in [0.25, 0.3) is 0 Å². The summed E-state index contributed by atoms with van der Waals surface area (Å²) in [6, 6.07) is 1.83. The number of ketones is 1. The van der Waals surface area contributed by atoms with E-state index >= 15 is 0 Å². The quantitative estimate of drug-likeness (QED) is 0.620. The molecular weight excluding hydrogens is 286 g/mol. The van der Waals surface area contributed by atoms with Gasteiger partial charge in [-0.3, -0.25) is 9.78 Å². The number of hydrogen-bond acceptors (Lipinski definition) is 2. The van der Waals surface area contributed by atoms with Crippen molar-refractivity contribution in [3.8, 4) is 0 Å². The summed E-state index contributed by atoms with van der Waals surface area (Å²) in [6.07, 6.45) is 3.31. The molecule has 0 saturated carbocycles. The minimum atomic E-state index is 0. The molecule has 0 atom stereocenters. The van der Waals surface area contributed by atoms with Gasteiger partial charge in [-0.25, -0.2) is 0 Å². The highest BCUT2D eigenvalue weighted by atomic mass is 79.9. The zero-order valence-corrected chi connectivity index (χ0v) is 9.88. The van der Waals surface area contributed by atoms with Gasteiger partial charge in [0.15, 0.2) is 5.78 Å². The van der Waals surface area contributed by atoms with E-state index in [0.29, 0.717) is 10.9 Å². The highest BCUT2D eigenvalue weighted by molar-refractivity contribution is 9.09. The molecule has 0 bridgehead atoms. The van der Waals surface area contributed by atoms with Crippen molar-refractivity contribution in [3.63, 3.8) is 0 Å². The third kappa shape index (κ3) is 3.03. The van der Waals surface area contributed by atoms with Crippen LogP contribution >= 0.6 is 32.9 Å². The van der Waals surface area contributed by atoms with Crippen molar-refractivity contribution in [2.24, 2.45) is 0 Å². The van der Waals surface area contributed by atoms with E-state index in [1.165, 1.54) is 0 Å². The number of rotatable bonds is 2. The number of alkyl halides is 1. The van der Waals surface area contributed by atoms with Gasteiger partial charge >= 0.3 is 0 Å². The fourth-order valence-corrected chi connectivity index (χ4v) is 1.11. The Morgan fingerprint density at radius 2 is 2.25 bits per heavy atom. The summed E-state index contributed by atoms with van der Waals surface area (Å²) in [6.45, 7) is 1.91. The van der Waals surface area contributed by atoms with Crippen molar-refractivity contribution in [2.75, 3.05) is 5.33 Å². The first-order valence-corrected chi connectivity index (χ1v) is 4.37. The molecule has 1 aromatic rings. The summed E-state index contributed by atoms with van der Waals surface area (Å²) in [7, 11) is 0. The SMILES string of the molecule is Br.Cc1cncc(C(=O)CBr)c1. The number of carbonyl (C=O) groups excluding carboxylic acids is 1. The van der Waals surface area contributed by atoms with Crippen LogP contribution in [0, 0.1) is 6.92 Å². The topological polar surface area (TPSA) is 30.0 Å². The molecule has 1 rings (SSSR count). The van der Waals surface area contributed by atoms with Crippen molar-refractivity contribution in [1.29, 1.82) is 0 Å². The Morgan fingerprint density at radius 1 is 1.58 bits per heavy atom. The normalized spacial score (nSPS) is 8.83. The van der Waals surface area contributed by atoms with E-state index in [9.17, 15) is 4.79 Å². The molecule has 0 aliphatic carbocycles. The van der Waals surface area contributed by atoms with Gasteiger partial charge in [0.05, 0.1) is 5.33 Å². The third-order valence-corrected chi connectivity index (χ3v) is 1.83. The minimum absolute atomic E-state index is 0. The lowest BCUT2D eigenvalue weighted by molar-refractivity contribution is 0.102. The van der Waals surface area contributed by atoms with E-state index in [1.807, 2.05) is 13.0 Å². The van der Waals surface area contributed by atoms with Crippen molar-refractivity contribution in [1.82, 2.24) is 4.98 Å². The molecule has 0 radical (unpaired) electrons. The molecule has 4 heteroatoms. The summed E-state index contributed by atoms with van der Waals surface area (Å²) < 4.78 is 0. The van der Waals surface area contributed by atoms with Gasteiger partial charge in [0.1, 0.15) is 0 Å². The second-order valence-corrected chi connectivity index (χ2v) is 2.87. The standard InChI is InChI=1S/C8H8BrNO.BrH/c1-6-2-7(5-10-4-6)8(11)3-9;/h2,4-5H,3H2,1H3;1H. The lowest BCUT2D eigenvalue weighted by Crippen LogP contribution is -2.00. The van der Waals surface area contributed by atoms with Crippen LogP contribution in [0.4, 0.5) is 0 Å². The Balaban J connectivity index is 0.00000121. The molecule has 0 aliphatic rings. The third-order valence-electron chi connectivity index (χ3n) is 1.32. The molecule has 0 amide bonds. The van der Waals surface area contributed by atoms with Crippen molar-refractivity contribution in [2.45, 2.75) is 6.92 Å². The van der Waals surface area contributed by atoms with Crippen LogP contribution in [0.15, 0.2) is 18.5 Å². The zero-order valence-electron chi connectivity index (χ0n) is 6.58. The van der Waals surface area contributed by atoms with Gasteiger partial charge < -0.3 is 0 Å². The monoisotopic (exact) mass is 293 g/mol. The minimum Gasteiger partial charge on any atom is -0.293 e. The smallest absolute Gasteiger partial charge is 0.174 e. The first-order chi connectivity index (χ1) is 5.24.